The second-order valence-corrected chi connectivity index (χ2v) is 4.83. The summed E-state index contributed by atoms with van der Waals surface area (Å²) in [6.07, 6.45) is 4.34. The van der Waals surface area contributed by atoms with Gasteiger partial charge in [-0.15, -0.1) is 0 Å². The van der Waals surface area contributed by atoms with Crippen LogP contribution in [0.2, 0.25) is 0 Å². The van der Waals surface area contributed by atoms with E-state index < -0.39 is 11.3 Å². The van der Waals surface area contributed by atoms with Crippen LogP contribution in [0.4, 0.5) is 0 Å². The highest BCUT2D eigenvalue weighted by Gasteiger charge is 2.30. The Labute approximate surface area is 106 Å². The van der Waals surface area contributed by atoms with Gasteiger partial charge in [-0.25, -0.2) is 0 Å². The molecule has 0 aliphatic rings. The number of carbonyl (C=O) groups is 1. The zero-order chi connectivity index (χ0) is 13.6. The van der Waals surface area contributed by atoms with E-state index in [-0.39, 0.29) is 11.5 Å². The molecule has 0 aliphatic carbocycles. The van der Waals surface area contributed by atoms with Gasteiger partial charge in [0.1, 0.15) is 6.29 Å². The smallest absolute Gasteiger partial charge is 0.211 e. The summed E-state index contributed by atoms with van der Waals surface area (Å²) in [5, 5.41) is 10.6. The highest BCUT2D eigenvalue weighted by atomic mass is 16.6. The Morgan fingerprint density at radius 1 is 1.33 bits per heavy atom. The number of carbonyl (C=O) groups excluding carboxylic acids is 1. The van der Waals surface area contributed by atoms with Gasteiger partial charge in [0.2, 0.25) is 6.54 Å². The van der Waals surface area contributed by atoms with Crippen LogP contribution in [0, 0.1) is 21.4 Å². The Kier molecular flexibility index (Phi) is 4.77. The molecule has 0 N–H and O–H groups in total. The van der Waals surface area contributed by atoms with E-state index in [4.69, 9.17) is 0 Å². The number of rotatable bonds is 6. The zero-order valence-corrected chi connectivity index (χ0v) is 10.6. The van der Waals surface area contributed by atoms with Crippen molar-refractivity contribution in [2.24, 2.45) is 11.3 Å². The largest absolute Gasteiger partial charge is 0.303 e. The van der Waals surface area contributed by atoms with Crippen LogP contribution in [-0.2, 0) is 4.79 Å². The third-order valence-corrected chi connectivity index (χ3v) is 2.93. The topological polar surface area (TPSA) is 60.2 Å². The maximum Gasteiger partial charge on any atom is 0.211 e. The highest BCUT2D eigenvalue weighted by Crippen LogP contribution is 2.26. The van der Waals surface area contributed by atoms with Crippen molar-refractivity contribution >= 4 is 12.4 Å². The summed E-state index contributed by atoms with van der Waals surface area (Å²) in [4.78, 5) is 21.3. The number of nitrogens with zero attached hydrogens (tertiary/aromatic N) is 1. The number of hydrogen-bond donors (Lipinski definition) is 0. The third kappa shape index (κ3) is 4.13. The molecule has 1 aromatic rings. The second-order valence-electron chi connectivity index (χ2n) is 4.83. The van der Waals surface area contributed by atoms with Gasteiger partial charge in [-0.1, -0.05) is 56.3 Å². The van der Waals surface area contributed by atoms with Gasteiger partial charge in [-0.3, -0.25) is 10.1 Å². The van der Waals surface area contributed by atoms with Crippen molar-refractivity contribution in [3.05, 3.63) is 52.1 Å². The SMILES string of the molecule is CC(C)(C=O)C(/C=C/c1ccccc1)C[N+](=O)[O-]. The van der Waals surface area contributed by atoms with Crippen LogP contribution in [0.5, 0.6) is 0 Å². The van der Waals surface area contributed by atoms with E-state index in [1.165, 1.54) is 0 Å². The predicted molar refractivity (Wildman–Crippen MR) is 70.7 cm³/mol. The minimum Gasteiger partial charge on any atom is -0.303 e. The minimum absolute atomic E-state index is 0.241. The summed E-state index contributed by atoms with van der Waals surface area (Å²) in [5.74, 6) is -0.412. The lowest BCUT2D eigenvalue weighted by atomic mass is 9.80. The summed E-state index contributed by atoms with van der Waals surface area (Å²) in [7, 11) is 0. The Bertz CT molecular complexity index is 438. The maximum absolute atomic E-state index is 11.0. The molecule has 0 amide bonds. The molecular weight excluding hydrogens is 230 g/mol. The Morgan fingerprint density at radius 3 is 2.44 bits per heavy atom. The molecule has 0 aromatic heterocycles. The van der Waals surface area contributed by atoms with Crippen molar-refractivity contribution in [3.63, 3.8) is 0 Å². The average molecular weight is 247 g/mol. The van der Waals surface area contributed by atoms with E-state index >= 15 is 0 Å². The van der Waals surface area contributed by atoms with Crippen molar-refractivity contribution in [2.45, 2.75) is 13.8 Å². The molecule has 1 atom stereocenters. The predicted octanol–water partition coefficient (Wildman–Crippen LogP) is 2.82. The van der Waals surface area contributed by atoms with E-state index in [9.17, 15) is 14.9 Å². The normalized spacial score (nSPS) is 13.4. The van der Waals surface area contributed by atoms with E-state index in [1.807, 2.05) is 36.4 Å². The molecule has 0 fully saturated rings. The van der Waals surface area contributed by atoms with Gasteiger partial charge in [0.05, 0.1) is 5.92 Å². The first-order valence-corrected chi connectivity index (χ1v) is 5.77. The summed E-state index contributed by atoms with van der Waals surface area (Å²) < 4.78 is 0. The second kappa shape index (κ2) is 6.10. The van der Waals surface area contributed by atoms with Crippen molar-refractivity contribution < 1.29 is 9.72 Å². The Morgan fingerprint density at radius 2 is 1.94 bits per heavy atom. The minimum atomic E-state index is -0.738. The summed E-state index contributed by atoms with van der Waals surface area (Å²) >= 11 is 0. The fourth-order valence-electron chi connectivity index (χ4n) is 1.58. The number of aldehydes is 1. The molecule has 4 heteroatoms. The van der Waals surface area contributed by atoms with E-state index in [0.717, 1.165) is 11.8 Å². The number of hydrogen-bond acceptors (Lipinski definition) is 3. The molecule has 0 spiro atoms. The van der Waals surface area contributed by atoms with E-state index in [0.29, 0.717) is 0 Å². The first-order chi connectivity index (χ1) is 8.45. The lowest BCUT2D eigenvalue weighted by Gasteiger charge is -2.23. The average Bonchev–Trinajstić information content (AvgIpc) is 2.35. The monoisotopic (exact) mass is 247 g/mol. The van der Waals surface area contributed by atoms with E-state index in [1.54, 1.807) is 19.9 Å². The molecule has 0 saturated carbocycles. The van der Waals surface area contributed by atoms with Gasteiger partial charge in [-0.05, 0) is 5.56 Å². The van der Waals surface area contributed by atoms with Crippen LogP contribution in [-0.4, -0.2) is 17.8 Å². The lowest BCUT2D eigenvalue weighted by molar-refractivity contribution is -0.488. The molecule has 0 heterocycles. The molecule has 0 radical (unpaired) electrons. The first kappa shape index (κ1) is 14.1. The summed E-state index contributed by atoms with van der Waals surface area (Å²) in [5.41, 5.74) is 0.228. The van der Waals surface area contributed by atoms with Gasteiger partial charge < -0.3 is 4.79 Å². The third-order valence-electron chi connectivity index (χ3n) is 2.93. The van der Waals surface area contributed by atoms with Gasteiger partial charge in [0.25, 0.3) is 0 Å². The maximum atomic E-state index is 11.0. The number of nitro groups is 1. The summed E-state index contributed by atoms with van der Waals surface area (Å²) in [6, 6.07) is 9.52. The molecule has 1 rings (SSSR count). The van der Waals surface area contributed by atoms with Gasteiger partial charge in [0.15, 0.2) is 0 Å². The van der Waals surface area contributed by atoms with Crippen molar-refractivity contribution in [2.75, 3.05) is 6.54 Å². The Balaban J connectivity index is 2.88. The van der Waals surface area contributed by atoms with Crippen molar-refractivity contribution in [3.8, 4) is 0 Å². The van der Waals surface area contributed by atoms with Gasteiger partial charge in [-0.2, -0.15) is 0 Å². The van der Waals surface area contributed by atoms with Crippen molar-refractivity contribution in [1.29, 1.82) is 0 Å². The molecule has 0 aliphatic heterocycles. The van der Waals surface area contributed by atoms with Crippen LogP contribution < -0.4 is 0 Å². The van der Waals surface area contributed by atoms with Crippen LogP contribution in [0.3, 0.4) is 0 Å². The van der Waals surface area contributed by atoms with E-state index in [2.05, 4.69) is 0 Å². The van der Waals surface area contributed by atoms with Crippen LogP contribution in [0.25, 0.3) is 6.08 Å². The van der Waals surface area contributed by atoms with Gasteiger partial charge in [0, 0.05) is 10.3 Å². The Hall–Kier alpha value is -1.97. The first-order valence-electron chi connectivity index (χ1n) is 5.77. The van der Waals surface area contributed by atoms with Crippen molar-refractivity contribution in [1.82, 2.24) is 0 Å². The quantitative estimate of drug-likeness (QED) is 0.441. The fourth-order valence-corrected chi connectivity index (χ4v) is 1.58. The molecule has 18 heavy (non-hydrogen) atoms. The van der Waals surface area contributed by atoms with Gasteiger partial charge >= 0.3 is 0 Å². The zero-order valence-electron chi connectivity index (χ0n) is 10.6. The molecule has 96 valence electrons. The molecule has 0 saturated heterocycles. The van der Waals surface area contributed by atoms with Crippen LogP contribution in [0.15, 0.2) is 36.4 Å². The summed E-state index contributed by atoms with van der Waals surface area (Å²) in [6.45, 7) is 3.18. The number of benzene rings is 1. The molecular formula is C14H17NO3. The van der Waals surface area contributed by atoms with Crippen LogP contribution >= 0.6 is 0 Å². The molecule has 1 unspecified atom stereocenters. The molecule has 0 bridgehead atoms. The van der Waals surface area contributed by atoms with Crippen LogP contribution in [0.1, 0.15) is 19.4 Å². The molecule has 4 nitrogen and oxygen atoms in total. The highest BCUT2D eigenvalue weighted by molar-refractivity contribution is 5.60. The fraction of sp³-hybridized carbons (Fsp3) is 0.357. The molecule has 1 aromatic carbocycles. The lowest BCUT2D eigenvalue weighted by Crippen LogP contribution is -2.30. The standard InChI is InChI=1S/C14H17NO3/c1-14(2,11-16)13(10-15(17)18)9-8-12-6-4-3-5-7-12/h3-9,11,13H,10H2,1-2H3/b9-8+.